The van der Waals surface area contributed by atoms with E-state index in [0.717, 1.165) is 63.6 Å². The molecule has 0 saturated carbocycles. The fraction of sp³-hybridized carbons (Fsp3) is 0.737. The van der Waals surface area contributed by atoms with E-state index in [2.05, 4.69) is 33.6 Å². The van der Waals surface area contributed by atoms with Gasteiger partial charge < -0.3 is 4.90 Å². The Kier molecular flexibility index (Phi) is 6.02. The first kappa shape index (κ1) is 18.3. The molecule has 3 rings (SSSR count). The summed E-state index contributed by atoms with van der Waals surface area (Å²) in [6.45, 7) is 12.7. The molecule has 0 radical (unpaired) electrons. The smallest absolute Gasteiger partial charge is 0.236 e. The first-order valence-electron chi connectivity index (χ1n) is 9.56. The Hall–Kier alpha value is -1.53. The molecule has 138 valence electrons. The lowest BCUT2D eigenvalue weighted by Gasteiger charge is -2.38. The number of likely N-dealkylation sites (tertiary alicyclic amines) is 1. The Morgan fingerprint density at radius 3 is 2.68 bits per heavy atom. The average molecular weight is 345 g/mol. The summed E-state index contributed by atoms with van der Waals surface area (Å²) in [5.74, 6) is 1.43. The van der Waals surface area contributed by atoms with Crippen LogP contribution in [0.3, 0.4) is 0 Å². The van der Waals surface area contributed by atoms with E-state index in [1.54, 1.807) is 0 Å². The van der Waals surface area contributed by atoms with Gasteiger partial charge in [-0.1, -0.05) is 0 Å². The van der Waals surface area contributed by atoms with E-state index in [0.29, 0.717) is 18.5 Å². The molecule has 1 aromatic heterocycles. The highest BCUT2D eigenvalue weighted by atomic mass is 16.2. The number of amides is 1. The number of aromatic nitrogens is 2. The Morgan fingerprint density at radius 1 is 1.24 bits per heavy atom. The molecule has 1 aromatic rings. The fourth-order valence-electron chi connectivity index (χ4n) is 3.88. The molecule has 2 saturated heterocycles. The molecule has 0 aliphatic carbocycles. The lowest BCUT2D eigenvalue weighted by Crippen LogP contribution is -2.52. The maximum Gasteiger partial charge on any atom is 0.236 e. The Morgan fingerprint density at radius 2 is 2.00 bits per heavy atom. The van der Waals surface area contributed by atoms with Crippen LogP contribution in [0.2, 0.25) is 0 Å². The molecular weight excluding hydrogens is 314 g/mol. The predicted molar refractivity (Wildman–Crippen MR) is 98.5 cm³/mol. The number of piperazine rings is 1. The molecule has 6 nitrogen and oxygen atoms in total. The van der Waals surface area contributed by atoms with E-state index in [1.807, 2.05) is 24.1 Å². The zero-order chi connectivity index (χ0) is 17.8. The minimum atomic E-state index is 0.272. The number of piperidine rings is 1. The van der Waals surface area contributed by atoms with E-state index in [4.69, 9.17) is 0 Å². The van der Waals surface area contributed by atoms with Gasteiger partial charge in [0.1, 0.15) is 5.82 Å². The highest BCUT2D eigenvalue weighted by Crippen LogP contribution is 2.25. The first-order valence-corrected chi connectivity index (χ1v) is 9.56. The quantitative estimate of drug-likeness (QED) is 0.828. The van der Waals surface area contributed by atoms with Gasteiger partial charge in [-0.05, 0) is 39.7 Å². The van der Waals surface area contributed by atoms with Crippen molar-refractivity contribution in [1.29, 1.82) is 0 Å². The number of hydrogen-bond donors (Lipinski definition) is 0. The van der Waals surface area contributed by atoms with Crippen molar-refractivity contribution in [1.82, 2.24) is 24.7 Å². The van der Waals surface area contributed by atoms with Gasteiger partial charge in [-0.15, -0.1) is 0 Å². The van der Waals surface area contributed by atoms with Crippen LogP contribution in [0.25, 0.3) is 0 Å². The molecule has 2 aliphatic rings. The van der Waals surface area contributed by atoms with Crippen molar-refractivity contribution in [3.05, 3.63) is 23.8 Å². The van der Waals surface area contributed by atoms with Crippen LogP contribution in [0.5, 0.6) is 0 Å². The molecule has 0 bridgehead atoms. The minimum Gasteiger partial charge on any atom is -0.341 e. The molecule has 2 aliphatic heterocycles. The van der Waals surface area contributed by atoms with Crippen LogP contribution in [0.15, 0.2) is 12.3 Å². The van der Waals surface area contributed by atoms with E-state index in [1.165, 1.54) is 0 Å². The SMILES string of the molecule is Cc1nccc(C2CCCN(C(=O)CN3CCN(C(C)C)CC3)C2)n1. The Labute approximate surface area is 151 Å². The van der Waals surface area contributed by atoms with Crippen molar-refractivity contribution in [3.63, 3.8) is 0 Å². The van der Waals surface area contributed by atoms with E-state index >= 15 is 0 Å². The van der Waals surface area contributed by atoms with Crippen LogP contribution in [0.1, 0.15) is 44.1 Å². The summed E-state index contributed by atoms with van der Waals surface area (Å²) in [6, 6.07) is 2.59. The van der Waals surface area contributed by atoms with E-state index in [9.17, 15) is 4.79 Å². The molecule has 0 spiro atoms. The van der Waals surface area contributed by atoms with Gasteiger partial charge in [0.05, 0.1) is 6.54 Å². The van der Waals surface area contributed by atoms with Crippen molar-refractivity contribution < 1.29 is 4.79 Å². The highest BCUT2D eigenvalue weighted by molar-refractivity contribution is 5.78. The largest absolute Gasteiger partial charge is 0.341 e. The summed E-state index contributed by atoms with van der Waals surface area (Å²) in [5.41, 5.74) is 1.08. The third-order valence-electron chi connectivity index (χ3n) is 5.49. The lowest BCUT2D eigenvalue weighted by molar-refractivity contribution is -0.134. The number of carbonyl (C=O) groups is 1. The van der Waals surface area contributed by atoms with Gasteiger partial charge in [0, 0.05) is 63.1 Å². The molecule has 2 fully saturated rings. The Bertz CT molecular complexity index is 583. The second-order valence-electron chi connectivity index (χ2n) is 7.61. The normalized spacial score (nSPS) is 23.2. The number of rotatable bonds is 4. The molecule has 6 heteroatoms. The van der Waals surface area contributed by atoms with Crippen molar-refractivity contribution in [2.45, 2.75) is 45.6 Å². The van der Waals surface area contributed by atoms with Gasteiger partial charge in [-0.25, -0.2) is 9.97 Å². The summed E-state index contributed by atoms with van der Waals surface area (Å²) >= 11 is 0. The minimum absolute atomic E-state index is 0.272. The van der Waals surface area contributed by atoms with E-state index in [-0.39, 0.29) is 5.91 Å². The van der Waals surface area contributed by atoms with Crippen molar-refractivity contribution in [2.24, 2.45) is 0 Å². The zero-order valence-electron chi connectivity index (χ0n) is 15.8. The molecule has 0 N–H and O–H groups in total. The highest BCUT2D eigenvalue weighted by Gasteiger charge is 2.28. The van der Waals surface area contributed by atoms with Crippen LogP contribution in [0, 0.1) is 6.92 Å². The van der Waals surface area contributed by atoms with Gasteiger partial charge in [0.15, 0.2) is 0 Å². The van der Waals surface area contributed by atoms with Crippen molar-refractivity contribution in [2.75, 3.05) is 45.8 Å². The standard InChI is InChI=1S/C19H31N5O/c1-15(2)23-11-9-22(10-12-23)14-19(25)24-8-4-5-17(13-24)18-6-7-20-16(3)21-18/h6-7,15,17H,4-5,8-14H2,1-3H3. The third-order valence-corrected chi connectivity index (χ3v) is 5.49. The zero-order valence-corrected chi connectivity index (χ0v) is 15.8. The van der Waals surface area contributed by atoms with Gasteiger partial charge >= 0.3 is 0 Å². The maximum atomic E-state index is 12.8. The van der Waals surface area contributed by atoms with Crippen LogP contribution in [-0.2, 0) is 4.79 Å². The van der Waals surface area contributed by atoms with Gasteiger partial charge in [0.25, 0.3) is 0 Å². The summed E-state index contributed by atoms with van der Waals surface area (Å²) in [7, 11) is 0. The molecule has 3 heterocycles. The average Bonchev–Trinajstić information content (AvgIpc) is 2.62. The molecule has 0 aromatic carbocycles. The second-order valence-corrected chi connectivity index (χ2v) is 7.61. The number of nitrogens with zero attached hydrogens (tertiary/aromatic N) is 5. The summed E-state index contributed by atoms with van der Waals surface area (Å²) in [4.78, 5) is 28.3. The molecule has 1 unspecified atom stereocenters. The number of hydrogen-bond acceptors (Lipinski definition) is 5. The van der Waals surface area contributed by atoms with Crippen LogP contribution in [-0.4, -0.2) is 82.4 Å². The maximum absolute atomic E-state index is 12.8. The molecular formula is C19H31N5O. The van der Waals surface area contributed by atoms with Crippen molar-refractivity contribution in [3.8, 4) is 0 Å². The summed E-state index contributed by atoms with van der Waals surface area (Å²) in [6.07, 6.45) is 3.99. The Balaban J connectivity index is 1.52. The molecule has 1 amide bonds. The van der Waals surface area contributed by atoms with Gasteiger partial charge in [-0.3, -0.25) is 14.6 Å². The van der Waals surface area contributed by atoms with E-state index < -0.39 is 0 Å². The second kappa shape index (κ2) is 8.23. The van der Waals surface area contributed by atoms with Gasteiger partial charge in [-0.2, -0.15) is 0 Å². The fourth-order valence-corrected chi connectivity index (χ4v) is 3.88. The van der Waals surface area contributed by atoms with Crippen molar-refractivity contribution >= 4 is 5.91 Å². The monoisotopic (exact) mass is 345 g/mol. The molecule has 25 heavy (non-hydrogen) atoms. The van der Waals surface area contributed by atoms with Crippen LogP contribution in [0.4, 0.5) is 0 Å². The first-order chi connectivity index (χ1) is 12.0. The molecule has 1 atom stereocenters. The lowest BCUT2D eigenvalue weighted by atomic mass is 9.94. The topological polar surface area (TPSA) is 52.6 Å². The summed E-state index contributed by atoms with van der Waals surface area (Å²) < 4.78 is 0. The summed E-state index contributed by atoms with van der Waals surface area (Å²) in [5, 5.41) is 0. The van der Waals surface area contributed by atoms with Crippen LogP contribution < -0.4 is 0 Å². The number of carbonyl (C=O) groups excluding carboxylic acids is 1. The predicted octanol–water partition coefficient (Wildman–Crippen LogP) is 1.52. The third kappa shape index (κ3) is 4.76. The number of aryl methyl sites for hydroxylation is 1. The van der Waals surface area contributed by atoms with Crippen LogP contribution >= 0.6 is 0 Å². The van der Waals surface area contributed by atoms with Gasteiger partial charge in [0.2, 0.25) is 5.91 Å².